The minimum atomic E-state index is -0.460. The third-order valence-electron chi connectivity index (χ3n) is 5.26. The first-order chi connectivity index (χ1) is 13.2. The lowest BCUT2D eigenvalue weighted by atomic mass is 9.82. The highest BCUT2D eigenvalue weighted by Gasteiger charge is 2.44. The lowest BCUT2D eigenvalue weighted by Gasteiger charge is -2.44. The molecule has 1 heterocycles. The van der Waals surface area contributed by atoms with E-state index in [1.807, 2.05) is 18.2 Å². The number of piperidine rings is 1. The molecule has 146 valence electrons. The second-order valence-electron chi connectivity index (χ2n) is 7.19. The first-order valence-corrected chi connectivity index (χ1v) is 10.4. The van der Waals surface area contributed by atoms with Gasteiger partial charge in [-0.15, -0.1) is 0 Å². The average molecular weight is 388 g/mol. The van der Waals surface area contributed by atoms with Gasteiger partial charge in [-0.1, -0.05) is 73.8 Å². The van der Waals surface area contributed by atoms with E-state index in [4.69, 9.17) is 21.1 Å². The number of ether oxygens (including phenoxy) is 2. The summed E-state index contributed by atoms with van der Waals surface area (Å²) in [6.45, 7) is 5.25. The van der Waals surface area contributed by atoms with Crippen LogP contribution in [0.4, 0.5) is 0 Å². The maximum atomic E-state index is 6.64. The minimum Gasteiger partial charge on any atom is -0.374 e. The van der Waals surface area contributed by atoms with Gasteiger partial charge in [-0.05, 0) is 42.6 Å². The molecule has 3 rings (SSSR count). The highest BCUT2D eigenvalue weighted by molar-refractivity contribution is 6.30. The molecule has 0 aliphatic carbocycles. The summed E-state index contributed by atoms with van der Waals surface area (Å²) in [7, 11) is 0. The molecule has 4 heteroatoms. The van der Waals surface area contributed by atoms with E-state index in [1.165, 1.54) is 18.4 Å². The molecule has 0 aromatic heterocycles. The van der Waals surface area contributed by atoms with Gasteiger partial charge in [0.25, 0.3) is 0 Å². The van der Waals surface area contributed by atoms with E-state index >= 15 is 0 Å². The minimum absolute atomic E-state index is 0.0204. The summed E-state index contributed by atoms with van der Waals surface area (Å²) in [5.41, 5.74) is 1.86. The van der Waals surface area contributed by atoms with Crippen molar-refractivity contribution in [3.05, 3.63) is 70.7 Å². The van der Waals surface area contributed by atoms with Crippen LogP contribution >= 0.6 is 11.6 Å². The molecule has 0 radical (unpaired) electrons. The van der Waals surface area contributed by atoms with Gasteiger partial charge in [0.1, 0.15) is 11.7 Å². The first-order valence-electron chi connectivity index (χ1n) is 10.0. The lowest BCUT2D eigenvalue weighted by molar-refractivity contribution is -0.173. The second-order valence-corrected chi connectivity index (χ2v) is 7.63. The van der Waals surface area contributed by atoms with Crippen LogP contribution in [0.5, 0.6) is 0 Å². The van der Waals surface area contributed by atoms with Crippen LogP contribution in [0.1, 0.15) is 43.7 Å². The number of halogens is 1. The van der Waals surface area contributed by atoms with Crippen LogP contribution in [-0.2, 0) is 21.7 Å². The molecule has 0 amide bonds. The van der Waals surface area contributed by atoms with E-state index < -0.39 is 5.60 Å². The summed E-state index contributed by atoms with van der Waals surface area (Å²) < 4.78 is 13.0. The van der Waals surface area contributed by atoms with Crippen LogP contribution in [0.25, 0.3) is 0 Å². The van der Waals surface area contributed by atoms with Crippen molar-refractivity contribution in [3.8, 4) is 0 Å². The summed E-state index contributed by atoms with van der Waals surface area (Å²) in [4.78, 5) is 0. The number of rotatable bonds is 9. The molecule has 27 heavy (non-hydrogen) atoms. The van der Waals surface area contributed by atoms with Crippen molar-refractivity contribution >= 4 is 11.6 Å². The fourth-order valence-electron chi connectivity index (χ4n) is 3.70. The number of nitrogens with one attached hydrogen (secondary N) is 1. The smallest absolute Gasteiger partial charge is 0.122 e. The van der Waals surface area contributed by atoms with Gasteiger partial charge < -0.3 is 14.8 Å². The molecule has 1 aliphatic rings. The molecule has 2 aromatic carbocycles. The van der Waals surface area contributed by atoms with Gasteiger partial charge in [0.05, 0.1) is 6.61 Å². The monoisotopic (exact) mass is 387 g/mol. The van der Waals surface area contributed by atoms with Gasteiger partial charge in [0.2, 0.25) is 0 Å². The summed E-state index contributed by atoms with van der Waals surface area (Å²) in [6, 6.07) is 18.4. The summed E-state index contributed by atoms with van der Waals surface area (Å²) in [5, 5.41) is 4.22. The Hall–Kier alpha value is -1.39. The fourth-order valence-corrected chi connectivity index (χ4v) is 3.83. The molecule has 1 fully saturated rings. The number of benzene rings is 2. The van der Waals surface area contributed by atoms with Crippen LogP contribution in [0, 0.1) is 0 Å². The highest BCUT2D eigenvalue weighted by Crippen LogP contribution is 2.38. The van der Waals surface area contributed by atoms with Gasteiger partial charge in [-0.3, -0.25) is 0 Å². The Morgan fingerprint density at radius 1 is 1.07 bits per heavy atom. The van der Waals surface area contributed by atoms with Crippen molar-refractivity contribution in [3.63, 3.8) is 0 Å². The molecule has 2 unspecified atom stereocenters. The molecule has 3 nitrogen and oxygen atoms in total. The number of unbranched alkanes of at least 4 members (excludes halogenated alkanes) is 2. The molecular formula is C23H30ClNO2. The number of hydrogen-bond donors (Lipinski definition) is 1. The zero-order valence-electron chi connectivity index (χ0n) is 16.1. The Kier molecular flexibility index (Phi) is 7.71. The van der Waals surface area contributed by atoms with Gasteiger partial charge in [-0.25, -0.2) is 0 Å². The van der Waals surface area contributed by atoms with Crippen molar-refractivity contribution in [2.45, 2.75) is 50.9 Å². The quantitative estimate of drug-likeness (QED) is 0.590. The van der Waals surface area contributed by atoms with Gasteiger partial charge in [0, 0.05) is 18.2 Å². The standard InChI is InChI=1S/C23H30ClNO2/c1-2-3-7-16-26-22-17-25-15-14-23(22,20-10-12-21(24)13-11-20)27-18-19-8-5-4-6-9-19/h4-6,8-13,22,25H,2-3,7,14-18H2,1H3. The Morgan fingerprint density at radius 2 is 1.85 bits per heavy atom. The van der Waals surface area contributed by atoms with E-state index in [-0.39, 0.29) is 6.10 Å². The van der Waals surface area contributed by atoms with Crippen LogP contribution in [-0.4, -0.2) is 25.8 Å². The van der Waals surface area contributed by atoms with E-state index in [1.54, 1.807) is 0 Å². The van der Waals surface area contributed by atoms with Crippen molar-refractivity contribution in [1.29, 1.82) is 0 Å². The maximum absolute atomic E-state index is 6.64. The molecule has 2 aromatic rings. The van der Waals surface area contributed by atoms with Crippen LogP contribution in [0.2, 0.25) is 5.02 Å². The Balaban J connectivity index is 1.83. The largest absolute Gasteiger partial charge is 0.374 e. The third kappa shape index (κ3) is 5.32. The number of hydrogen-bond acceptors (Lipinski definition) is 3. The van der Waals surface area contributed by atoms with E-state index in [9.17, 15) is 0 Å². The predicted octanol–water partition coefficient (Wildman–Crippen LogP) is 5.32. The maximum Gasteiger partial charge on any atom is 0.122 e. The average Bonchev–Trinajstić information content (AvgIpc) is 2.72. The summed E-state index contributed by atoms with van der Waals surface area (Å²) in [5.74, 6) is 0. The topological polar surface area (TPSA) is 30.5 Å². The summed E-state index contributed by atoms with van der Waals surface area (Å²) >= 11 is 6.14. The van der Waals surface area contributed by atoms with Crippen molar-refractivity contribution in [2.24, 2.45) is 0 Å². The molecule has 2 atom stereocenters. The molecular weight excluding hydrogens is 358 g/mol. The summed E-state index contributed by atoms with van der Waals surface area (Å²) in [6.07, 6.45) is 4.33. The van der Waals surface area contributed by atoms with Crippen molar-refractivity contribution in [1.82, 2.24) is 5.32 Å². The second kappa shape index (κ2) is 10.2. The first kappa shape index (κ1) is 20.3. The Morgan fingerprint density at radius 3 is 2.59 bits per heavy atom. The molecule has 0 saturated carbocycles. The Labute approximate surface area is 168 Å². The van der Waals surface area contributed by atoms with Gasteiger partial charge >= 0.3 is 0 Å². The zero-order chi connectivity index (χ0) is 19.0. The molecule has 1 aliphatic heterocycles. The lowest BCUT2D eigenvalue weighted by Crippen LogP contribution is -2.54. The third-order valence-corrected chi connectivity index (χ3v) is 5.51. The highest BCUT2D eigenvalue weighted by atomic mass is 35.5. The van der Waals surface area contributed by atoms with Gasteiger partial charge in [-0.2, -0.15) is 0 Å². The normalized spacial score (nSPS) is 22.7. The fraction of sp³-hybridized carbons (Fsp3) is 0.478. The Bertz CT molecular complexity index is 677. The van der Waals surface area contributed by atoms with Crippen LogP contribution in [0.15, 0.2) is 54.6 Å². The van der Waals surface area contributed by atoms with Crippen LogP contribution in [0.3, 0.4) is 0 Å². The molecule has 1 saturated heterocycles. The molecule has 0 spiro atoms. The van der Waals surface area contributed by atoms with Gasteiger partial charge in [0.15, 0.2) is 0 Å². The molecule has 0 bridgehead atoms. The van der Waals surface area contributed by atoms with Crippen molar-refractivity contribution in [2.75, 3.05) is 19.7 Å². The van der Waals surface area contributed by atoms with E-state index in [2.05, 4.69) is 48.6 Å². The van der Waals surface area contributed by atoms with E-state index in [0.717, 1.165) is 43.1 Å². The predicted molar refractivity (Wildman–Crippen MR) is 111 cm³/mol. The van der Waals surface area contributed by atoms with Crippen LogP contribution < -0.4 is 5.32 Å². The van der Waals surface area contributed by atoms with E-state index in [0.29, 0.717) is 6.61 Å². The molecule has 1 N–H and O–H groups in total. The zero-order valence-corrected chi connectivity index (χ0v) is 16.9. The SMILES string of the molecule is CCCCCOC1CNCCC1(OCc1ccccc1)c1ccc(Cl)cc1. The van der Waals surface area contributed by atoms with Crippen molar-refractivity contribution < 1.29 is 9.47 Å².